The van der Waals surface area contributed by atoms with Crippen LogP contribution in [0.2, 0.25) is 10.0 Å². The van der Waals surface area contributed by atoms with Crippen LogP contribution < -0.4 is 15.2 Å². The van der Waals surface area contributed by atoms with Gasteiger partial charge in [-0.1, -0.05) is 48.2 Å². The normalized spacial score (nSPS) is 17.3. The van der Waals surface area contributed by atoms with Gasteiger partial charge >= 0.3 is 36.4 Å². The summed E-state index contributed by atoms with van der Waals surface area (Å²) in [5.74, 6) is -7.87. The zero-order valence-electron chi connectivity index (χ0n) is 35.5. The lowest BCUT2D eigenvalue weighted by atomic mass is 9.93. The molecule has 15 nitrogen and oxygen atoms in total. The number of carboxylic acids is 3. The molecule has 3 aromatic rings. The minimum atomic E-state index is -5.08. The van der Waals surface area contributed by atoms with E-state index in [1.165, 1.54) is 12.1 Å². The van der Waals surface area contributed by atoms with E-state index in [-0.39, 0.29) is 33.5 Å². The minimum Gasteiger partial charge on any atom is -0.487 e. The van der Waals surface area contributed by atoms with E-state index in [1.54, 1.807) is 0 Å². The summed E-state index contributed by atoms with van der Waals surface area (Å²) in [4.78, 5) is 49.6. The summed E-state index contributed by atoms with van der Waals surface area (Å²) in [6, 6.07) is 11.3. The third-order valence-corrected chi connectivity index (χ3v) is 13.2. The number of aliphatic carboxylic acids is 3. The number of benzene rings is 2. The first-order valence-corrected chi connectivity index (χ1v) is 22.2. The number of ether oxygens (including phenoxy) is 1. The Balaban J connectivity index is 0.000000471. The van der Waals surface area contributed by atoms with Crippen molar-refractivity contribution in [2.45, 2.75) is 113 Å². The van der Waals surface area contributed by atoms with Crippen LogP contribution >= 0.6 is 23.2 Å². The average Bonchev–Trinajstić information content (AvgIpc) is 3.69. The van der Waals surface area contributed by atoms with Crippen LogP contribution in [0.4, 0.5) is 39.5 Å². The van der Waals surface area contributed by atoms with E-state index < -0.39 is 52.0 Å². The number of rotatable bonds is 8. The molecular formula is C40H46Cl2F9N5O10S. The number of sulfonamides is 1. The Bertz CT molecular complexity index is 2300. The smallest absolute Gasteiger partial charge is 0.487 e. The number of hydrogen-bond acceptors (Lipinski definition) is 10. The van der Waals surface area contributed by atoms with Crippen LogP contribution in [0.5, 0.6) is 5.75 Å². The standard InChI is InChI=1S/C34H43Cl2N5O4S.3C2HF3O2/c1-22-20-23(2)38-32-26(22)6-5-7-29(32)45-21-27-28(35)8-9-30(31(27)36)46(43,44)39-34(14-3-4-15-34)33(42)41-18-12-25(13-19-41)40-16-10-24(37)11-17-40;3*3-2(4,5)1(6)7/h5-9,20,24-25,39H,3-4,10-19,21,37H2,1-2H3;3*(H,6,7). The number of carbonyl (C=O) groups excluding carboxylic acids is 1. The van der Waals surface area contributed by atoms with E-state index in [1.807, 2.05) is 43.0 Å². The maximum absolute atomic E-state index is 14.1. The number of pyridine rings is 1. The van der Waals surface area contributed by atoms with Crippen molar-refractivity contribution < 1.29 is 87.2 Å². The van der Waals surface area contributed by atoms with Crippen LogP contribution in [0.25, 0.3) is 10.9 Å². The summed E-state index contributed by atoms with van der Waals surface area (Å²) < 4.78 is 132. The lowest BCUT2D eigenvalue weighted by molar-refractivity contribution is -0.193. The summed E-state index contributed by atoms with van der Waals surface area (Å²) in [6.07, 6.45) is -9.06. The number of amides is 1. The zero-order valence-corrected chi connectivity index (χ0v) is 37.8. The van der Waals surface area contributed by atoms with Gasteiger partial charge in [0, 0.05) is 46.8 Å². The zero-order chi connectivity index (χ0) is 50.9. The number of carboxylic acid groups (broad SMARTS) is 3. The second kappa shape index (κ2) is 23.1. The molecule has 0 unspecified atom stereocenters. The maximum atomic E-state index is 14.1. The Morgan fingerprint density at radius 3 is 1.79 bits per heavy atom. The fraction of sp³-hybridized carbons (Fsp3) is 0.525. The number of nitrogens with two attached hydrogens (primary N) is 1. The molecule has 1 aromatic heterocycles. The molecule has 2 aromatic carbocycles. The number of hydrogen-bond donors (Lipinski definition) is 5. The number of halogens is 11. The number of alkyl halides is 9. The van der Waals surface area contributed by atoms with Gasteiger partial charge in [-0.05, 0) is 95.3 Å². The van der Waals surface area contributed by atoms with E-state index in [0.717, 1.165) is 68.3 Å². The third kappa shape index (κ3) is 15.9. The van der Waals surface area contributed by atoms with Gasteiger partial charge in [0.15, 0.2) is 0 Å². The van der Waals surface area contributed by atoms with E-state index in [0.29, 0.717) is 48.8 Å². The van der Waals surface area contributed by atoms with E-state index >= 15 is 0 Å². The van der Waals surface area contributed by atoms with Crippen molar-refractivity contribution in [3.63, 3.8) is 0 Å². The van der Waals surface area contributed by atoms with Gasteiger partial charge in [0.25, 0.3) is 0 Å². The van der Waals surface area contributed by atoms with Gasteiger partial charge in [0.05, 0.1) is 5.02 Å². The van der Waals surface area contributed by atoms with E-state index in [4.69, 9.17) is 63.4 Å². The van der Waals surface area contributed by atoms with Gasteiger partial charge in [-0.3, -0.25) is 4.79 Å². The summed E-state index contributed by atoms with van der Waals surface area (Å²) in [5.41, 5.74) is 7.90. The monoisotopic (exact) mass is 1030 g/mol. The molecule has 1 amide bonds. The Hall–Kier alpha value is -4.69. The molecule has 1 saturated carbocycles. The van der Waals surface area contributed by atoms with Crippen LogP contribution in [0.15, 0.2) is 41.3 Å². The molecule has 3 heterocycles. The largest absolute Gasteiger partial charge is 0.490 e. The predicted molar refractivity (Wildman–Crippen MR) is 223 cm³/mol. The molecule has 0 spiro atoms. The van der Waals surface area contributed by atoms with E-state index in [9.17, 15) is 52.7 Å². The number of nitrogens with one attached hydrogen (secondary N) is 1. The van der Waals surface area contributed by atoms with Gasteiger partial charge in [-0.2, -0.15) is 44.2 Å². The molecule has 2 saturated heterocycles. The first-order valence-electron chi connectivity index (χ1n) is 20.0. The van der Waals surface area contributed by atoms with Crippen molar-refractivity contribution in [3.05, 3.63) is 63.3 Å². The van der Waals surface area contributed by atoms with Crippen LogP contribution in [0.3, 0.4) is 0 Å². The van der Waals surface area contributed by atoms with E-state index in [2.05, 4.69) is 14.6 Å². The lowest BCUT2D eigenvalue weighted by Crippen LogP contribution is -2.60. The van der Waals surface area contributed by atoms with Crippen molar-refractivity contribution in [2.24, 2.45) is 5.73 Å². The highest BCUT2D eigenvalue weighted by atomic mass is 35.5. The van der Waals surface area contributed by atoms with Crippen molar-refractivity contribution in [1.82, 2.24) is 19.5 Å². The summed E-state index contributed by atoms with van der Waals surface area (Å²) in [7, 11) is -4.19. The Kier molecular flexibility index (Phi) is 19.5. The molecule has 1 aliphatic carbocycles. The molecule has 374 valence electrons. The fourth-order valence-corrected chi connectivity index (χ4v) is 9.72. The molecule has 3 fully saturated rings. The molecule has 67 heavy (non-hydrogen) atoms. The van der Waals surface area contributed by atoms with Crippen LogP contribution in [-0.2, 0) is 35.8 Å². The summed E-state index contributed by atoms with van der Waals surface area (Å²) in [5, 5.41) is 22.6. The van der Waals surface area contributed by atoms with Gasteiger partial charge in [0.1, 0.15) is 28.3 Å². The number of carbonyl (C=O) groups is 4. The second-order valence-electron chi connectivity index (χ2n) is 15.6. The Morgan fingerprint density at radius 1 is 0.821 bits per heavy atom. The quantitative estimate of drug-likeness (QED) is 0.137. The van der Waals surface area contributed by atoms with Crippen LogP contribution in [0.1, 0.15) is 68.2 Å². The highest BCUT2D eigenvalue weighted by Crippen LogP contribution is 2.38. The third-order valence-electron chi connectivity index (χ3n) is 10.7. The Labute approximate surface area is 387 Å². The molecular weight excluding hydrogens is 984 g/mol. The molecule has 3 aliphatic rings. The minimum absolute atomic E-state index is 0.0248. The molecule has 0 bridgehead atoms. The molecule has 6 N–H and O–H groups in total. The lowest BCUT2D eigenvalue weighted by Gasteiger charge is -2.43. The highest BCUT2D eigenvalue weighted by Gasteiger charge is 2.48. The topological polar surface area (TPSA) is 230 Å². The van der Waals surface area contributed by atoms with Crippen LogP contribution in [-0.4, -0.2) is 125 Å². The summed E-state index contributed by atoms with van der Waals surface area (Å²) in [6.45, 7) is 7.10. The van der Waals surface area contributed by atoms with Gasteiger partial charge < -0.3 is 35.6 Å². The average molecular weight is 1030 g/mol. The number of fused-ring (bicyclic) bond motifs is 1. The van der Waals surface area contributed by atoms with Gasteiger partial charge in [-0.15, -0.1) is 0 Å². The fourth-order valence-electron chi connectivity index (χ4n) is 7.41. The first-order chi connectivity index (χ1) is 30.8. The molecule has 2 aliphatic heterocycles. The van der Waals surface area contributed by atoms with Crippen molar-refractivity contribution in [1.29, 1.82) is 0 Å². The highest BCUT2D eigenvalue weighted by molar-refractivity contribution is 7.89. The van der Waals surface area contributed by atoms with Gasteiger partial charge in [0.2, 0.25) is 15.9 Å². The van der Waals surface area contributed by atoms with Crippen molar-refractivity contribution in [3.8, 4) is 5.75 Å². The number of aromatic nitrogens is 1. The predicted octanol–water partition coefficient (Wildman–Crippen LogP) is 7.64. The summed E-state index contributed by atoms with van der Waals surface area (Å²) >= 11 is 13.3. The Morgan fingerprint density at radius 2 is 1.31 bits per heavy atom. The van der Waals surface area contributed by atoms with Crippen molar-refractivity contribution >= 4 is 67.9 Å². The number of nitrogens with zero attached hydrogens (tertiary/aromatic N) is 3. The molecule has 27 heteroatoms. The SMILES string of the molecule is Cc1cc(C)c2cccc(OCc3c(Cl)ccc(S(=O)(=O)NC4(C(=O)N5CCC(N6CCC(N)CC6)CC5)CCCC4)c3Cl)c2n1.O=C(O)C(F)(F)F.O=C(O)C(F)(F)F.O=C(O)C(F)(F)F. The molecule has 0 radical (unpaired) electrons. The number of para-hydroxylation sites is 1. The van der Waals surface area contributed by atoms with Gasteiger partial charge in [-0.25, -0.2) is 27.8 Å². The molecule has 6 rings (SSSR count). The first kappa shape index (κ1) is 56.6. The second-order valence-corrected chi connectivity index (χ2v) is 18.0. The van der Waals surface area contributed by atoms with Crippen molar-refractivity contribution in [2.75, 3.05) is 26.2 Å². The number of aryl methyl sites for hydroxylation is 2. The maximum Gasteiger partial charge on any atom is 0.490 e. The number of piperidine rings is 2. The number of likely N-dealkylation sites (tertiary alicyclic amines) is 2. The molecule has 0 atom stereocenters. The van der Waals surface area contributed by atoms with Crippen LogP contribution in [0, 0.1) is 13.8 Å².